The van der Waals surface area contributed by atoms with E-state index in [1.54, 1.807) is 0 Å². The van der Waals surface area contributed by atoms with Crippen LogP contribution in [-0.4, -0.2) is 36.2 Å². The summed E-state index contributed by atoms with van der Waals surface area (Å²) in [5.41, 5.74) is 2.71. The minimum absolute atomic E-state index is 0.276. The Bertz CT molecular complexity index is 470. The molecule has 0 spiro atoms. The first-order valence-electron chi connectivity index (χ1n) is 7.63. The molecule has 0 aromatic heterocycles. The summed E-state index contributed by atoms with van der Waals surface area (Å²) in [6, 6.07) is 21.3. The Hall–Kier alpha value is -1.64. The summed E-state index contributed by atoms with van der Waals surface area (Å²) < 4.78 is 0. The molecule has 0 saturated heterocycles. The zero-order chi connectivity index (χ0) is 15.1. The first-order valence-corrected chi connectivity index (χ1v) is 7.63. The van der Waals surface area contributed by atoms with Gasteiger partial charge in [-0.3, -0.25) is 0 Å². The number of aliphatic hydroxyl groups excluding tert-OH is 1. The molecule has 2 aromatic carbocycles. The Balaban J connectivity index is 2.10. The van der Waals surface area contributed by atoms with E-state index < -0.39 is 0 Å². The predicted molar refractivity (Wildman–Crippen MR) is 88.5 cm³/mol. The minimum atomic E-state index is -0.276. The lowest BCUT2D eigenvalue weighted by Gasteiger charge is -2.23. The molecule has 1 atom stereocenters. The average Bonchev–Trinajstić information content (AvgIpc) is 2.49. The second-order valence-electron chi connectivity index (χ2n) is 5.77. The maximum absolute atomic E-state index is 9.48. The Morgan fingerprint density at radius 2 is 1.38 bits per heavy atom. The summed E-state index contributed by atoms with van der Waals surface area (Å²) in [5, 5.41) is 9.48. The molecular weight excluding hydrogens is 258 g/mol. The third kappa shape index (κ3) is 5.00. The van der Waals surface area contributed by atoms with Crippen LogP contribution in [0.4, 0.5) is 0 Å². The zero-order valence-corrected chi connectivity index (χ0v) is 12.9. The number of likely N-dealkylation sites (N-methyl/N-ethyl adjacent to an activating group) is 1. The van der Waals surface area contributed by atoms with E-state index in [4.69, 9.17) is 0 Å². The minimum Gasteiger partial charge on any atom is -0.392 e. The van der Waals surface area contributed by atoms with Gasteiger partial charge in [0.1, 0.15) is 0 Å². The number of nitrogens with zero attached hydrogens (tertiary/aromatic N) is 1. The lowest BCUT2D eigenvalue weighted by atomic mass is 9.88. The van der Waals surface area contributed by atoms with Gasteiger partial charge in [0.15, 0.2) is 0 Å². The molecule has 2 nitrogen and oxygen atoms in total. The molecule has 1 unspecified atom stereocenters. The van der Waals surface area contributed by atoms with Crippen LogP contribution in [-0.2, 0) is 0 Å². The van der Waals surface area contributed by atoms with E-state index in [-0.39, 0.29) is 6.10 Å². The summed E-state index contributed by atoms with van der Waals surface area (Å²) in [5.74, 6) is 0.406. The molecule has 0 aliphatic carbocycles. The number of rotatable bonds is 7. The van der Waals surface area contributed by atoms with Crippen molar-refractivity contribution in [3.8, 4) is 0 Å². The molecule has 2 rings (SSSR count). The second kappa shape index (κ2) is 7.96. The Labute approximate surface area is 128 Å². The predicted octanol–water partition coefficient (Wildman–Crippen LogP) is 3.52. The van der Waals surface area contributed by atoms with Gasteiger partial charge in [0.2, 0.25) is 0 Å². The Kier molecular flexibility index (Phi) is 5.97. The Morgan fingerprint density at radius 1 is 0.905 bits per heavy atom. The van der Waals surface area contributed by atoms with E-state index in [2.05, 4.69) is 72.6 Å². The first kappa shape index (κ1) is 15.7. The fourth-order valence-corrected chi connectivity index (χ4v) is 2.79. The van der Waals surface area contributed by atoms with Crippen LogP contribution in [0.1, 0.15) is 30.4 Å². The third-order valence-electron chi connectivity index (χ3n) is 3.78. The average molecular weight is 283 g/mol. The largest absolute Gasteiger partial charge is 0.392 e. The van der Waals surface area contributed by atoms with Crippen molar-refractivity contribution in [2.45, 2.75) is 25.4 Å². The van der Waals surface area contributed by atoms with Gasteiger partial charge in [-0.2, -0.15) is 0 Å². The van der Waals surface area contributed by atoms with Crippen molar-refractivity contribution in [2.75, 3.05) is 20.1 Å². The van der Waals surface area contributed by atoms with Crippen LogP contribution >= 0.6 is 0 Å². The molecular formula is C19H25NO. The topological polar surface area (TPSA) is 23.5 Å². The molecule has 0 fully saturated rings. The van der Waals surface area contributed by atoms with Crippen LogP contribution in [0.2, 0.25) is 0 Å². The highest BCUT2D eigenvalue weighted by atomic mass is 16.3. The van der Waals surface area contributed by atoms with Crippen molar-refractivity contribution < 1.29 is 5.11 Å². The van der Waals surface area contributed by atoms with Crippen molar-refractivity contribution >= 4 is 0 Å². The van der Waals surface area contributed by atoms with E-state index in [1.165, 1.54) is 11.1 Å². The maximum Gasteiger partial charge on any atom is 0.0638 e. The SMILES string of the molecule is CC(O)CN(C)CCC(c1ccccc1)c1ccccc1. The highest BCUT2D eigenvalue weighted by Gasteiger charge is 2.15. The van der Waals surface area contributed by atoms with E-state index >= 15 is 0 Å². The van der Waals surface area contributed by atoms with Gasteiger partial charge in [0.05, 0.1) is 6.10 Å². The van der Waals surface area contributed by atoms with Crippen LogP contribution in [0.5, 0.6) is 0 Å². The van der Waals surface area contributed by atoms with E-state index in [0.717, 1.165) is 19.5 Å². The maximum atomic E-state index is 9.48. The van der Waals surface area contributed by atoms with Gasteiger partial charge in [0, 0.05) is 12.5 Å². The van der Waals surface area contributed by atoms with Crippen molar-refractivity contribution in [3.05, 3.63) is 71.8 Å². The second-order valence-corrected chi connectivity index (χ2v) is 5.77. The number of hydrogen-bond acceptors (Lipinski definition) is 2. The highest BCUT2D eigenvalue weighted by molar-refractivity contribution is 5.32. The zero-order valence-electron chi connectivity index (χ0n) is 12.9. The van der Waals surface area contributed by atoms with E-state index in [1.807, 2.05) is 6.92 Å². The molecule has 0 amide bonds. The van der Waals surface area contributed by atoms with E-state index in [9.17, 15) is 5.11 Å². The van der Waals surface area contributed by atoms with Crippen LogP contribution in [0.3, 0.4) is 0 Å². The summed E-state index contributed by atoms with van der Waals surface area (Å²) >= 11 is 0. The summed E-state index contributed by atoms with van der Waals surface area (Å²) in [6.45, 7) is 3.53. The number of hydrogen-bond donors (Lipinski definition) is 1. The van der Waals surface area contributed by atoms with Crippen LogP contribution in [0.25, 0.3) is 0 Å². The van der Waals surface area contributed by atoms with Crippen molar-refractivity contribution in [1.82, 2.24) is 4.90 Å². The molecule has 21 heavy (non-hydrogen) atoms. The van der Waals surface area contributed by atoms with Crippen LogP contribution in [0, 0.1) is 0 Å². The quantitative estimate of drug-likeness (QED) is 0.840. The first-order chi connectivity index (χ1) is 10.2. The monoisotopic (exact) mass is 283 g/mol. The van der Waals surface area contributed by atoms with Gasteiger partial charge < -0.3 is 10.0 Å². The van der Waals surface area contributed by atoms with Gasteiger partial charge in [-0.15, -0.1) is 0 Å². The van der Waals surface area contributed by atoms with Crippen molar-refractivity contribution in [1.29, 1.82) is 0 Å². The summed E-state index contributed by atoms with van der Waals surface area (Å²) in [6.07, 6.45) is 0.777. The Morgan fingerprint density at radius 3 is 1.81 bits per heavy atom. The fraction of sp³-hybridized carbons (Fsp3) is 0.368. The van der Waals surface area contributed by atoms with Crippen molar-refractivity contribution in [2.24, 2.45) is 0 Å². The lowest BCUT2D eigenvalue weighted by Crippen LogP contribution is -2.29. The molecule has 0 heterocycles. The molecule has 0 bridgehead atoms. The summed E-state index contributed by atoms with van der Waals surface area (Å²) in [4.78, 5) is 2.20. The van der Waals surface area contributed by atoms with Crippen LogP contribution in [0.15, 0.2) is 60.7 Å². The normalized spacial score (nSPS) is 12.8. The van der Waals surface area contributed by atoms with Crippen LogP contribution < -0.4 is 0 Å². The van der Waals surface area contributed by atoms with Gasteiger partial charge in [-0.1, -0.05) is 60.7 Å². The number of benzene rings is 2. The molecule has 1 N–H and O–H groups in total. The van der Waals surface area contributed by atoms with Gasteiger partial charge in [0.25, 0.3) is 0 Å². The molecule has 0 saturated carbocycles. The molecule has 0 aliphatic rings. The molecule has 0 aliphatic heterocycles. The van der Waals surface area contributed by atoms with Crippen molar-refractivity contribution in [3.63, 3.8) is 0 Å². The summed E-state index contributed by atoms with van der Waals surface area (Å²) in [7, 11) is 2.07. The van der Waals surface area contributed by atoms with Gasteiger partial charge in [-0.05, 0) is 38.1 Å². The lowest BCUT2D eigenvalue weighted by molar-refractivity contribution is 0.140. The fourth-order valence-electron chi connectivity index (χ4n) is 2.79. The molecule has 0 radical (unpaired) electrons. The molecule has 112 valence electrons. The highest BCUT2D eigenvalue weighted by Crippen LogP contribution is 2.27. The van der Waals surface area contributed by atoms with Gasteiger partial charge in [-0.25, -0.2) is 0 Å². The molecule has 2 aromatic rings. The number of aliphatic hydroxyl groups is 1. The van der Waals surface area contributed by atoms with E-state index in [0.29, 0.717) is 5.92 Å². The standard InChI is InChI=1S/C19H25NO/c1-16(21)15-20(2)14-13-19(17-9-5-3-6-10-17)18-11-7-4-8-12-18/h3-12,16,19,21H,13-15H2,1-2H3. The smallest absolute Gasteiger partial charge is 0.0638 e. The molecule has 2 heteroatoms. The third-order valence-corrected chi connectivity index (χ3v) is 3.78. The van der Waals surface area contributed by atoms with Gasteiger partial charge >= 0.3 is 0 Å².